The molecule has 0 saturated carbocycles. The minimum atomic E-state index is -0.310. The van der Waals surface area contributed by atoms with Crippen molar-refractivity contribution < 1.29 is 19.2 Å². The van der Waals surface area contributed by atoms with Gasteiger partial charge in [0, 0.05) is 24.3 Å². The van der Waals surface area contributed by atoms with Crippen molar-refractivity contribution in [2.45, 2.75) is 33.2 Å². The Labute approximate surface area is 210 Å². The number of amides is 3. The van der Waals surface area contributed by atoms with Crippen molar-refractivity contribution in [3.63, 3.8) is 0 Å². The summed E-state index contributed by atoms with van der Waals surface area (Å²) in [4.78, 5) is 30.0. The lowest BCUT2D eigenvalue weighted by atomic mass is 10.0. The topological polar surface area (TPSA) is 71.1 Å². The van der Waals surface area contributed by atoms with Gasteiger partial charge in [-0.25, -0.2) is 9.86 Å². The van der Waals surface area contributed by atoms with Crippen molar-refractivity contribution in [1.29, 1.82) is 0 Å². The van der Waals surface area contributed by atoms with Crippen LogP contribution in [-0.2, 0) is 20.8 Å². The number of hydrogen-bond donors (Lipinski definition) is 1. The van der Waals surface area contributed by atoms with Gasteiger partial charge in [0.1, 0.15) is 5.88 Å². The van der Waals surface area contributed by atoms with Crippen LogP contribution in [0.4, 0.5) is 16.2 Å². The van der Waals surface area contributed by atoms with Crippen molar-refractivity contribution in [2.24, 2.45) is 0 Å². The fourth-order valence-corrected chi connectivity index (χ4v) is 3.53. The zero-order valence-electron chi connectivity index (χ0n) is 20.0. The van der Waals surface area contributed by atoms with E-state index in [2.05, 4.69) is 34.2 Å². The predicted octanol–water partition coefficient (Wildman–Crippen LogP) is 5.64. The summed E-state index contributed by atoms with van der Waals surface area (Å²) < 4.78 is 6.15. The SMILES string of the molecule is CCc1cccc(C)c1N(C(=O)CCl)C(C)COC.CON(C)C(=O)Nc1ccc(Br)cc1. The first-order valence-electron chi connectivity index (χ1n) is 10.5. The van der Waals surface area contributed by atoms with Crippen LogP contribution in [0.25, 0.3) is 0 Å². The highest BCUT2D eigenvalue weighted by Gasteiger charge is 2.24. The third-order valence-corrected chi connectivity index (χ3v) is 5.59. The Hall–Kier alpha value is -2.13. The normalized spacial score (nSPS) is 11.2. The summed E-state index contributed by atoms with van der Waals surface area (Å²) in [5.74, 6) is -0.110. The number of halogens is 2. The number of hydrogen-bond acceptors (Lipinski definition) is 4. The van der Waals surface area contributed by atoms with E-state index in [-0.39, 0.29) is 23.9 Å². The average molecular weight is 543 g/mol. The Morgan fingerprint density at radius 1 is 1.15 bits per heavy atom. The maximum Gasteiger partial charge on any atom is 0.345 e. The van der Waals surface area contributed by atoms with E-state index in [1.807, 2.05) is 38.1 Å². The summed E-state index contributed by atoms with van der Waals surface area (Å²) in [6.45, 7) is 6.56. The smallest absolute Gasteiger partial charge is 0.345 e. The van der Waals surface area contributed by atoms with Crippen LogP contribution in [0, 0.1) is 6.92 Å². The number of alkyl halides is 1. The number of methoxy groups -OCH3 is 1. The summed E-state index contributed by atoms with van der Waals surface area (Å²) >= 11 is 9.06. The van der Waals surface area contributed by atoms with Crippen LogP contribution < -0.4 is 10.2 Å². The molecule has 2 aromatic rings. The number of benzene rings is 2. The summed E-state index contributed by atoms with van der Waals surface area (Å²) in [5.41, 5.74) is 3.93. The Balaban J connectivity index is 0.000000346. The second kappa shape index (κ2) is 14.9. The van der Waals surface area contributed by atoms with Crippen LogP contribution in [0.3, 0.4) is 0 Å². The molecule has 1 unspecified atom stereocenters. The quantitative estimate of drug-likeness (QED) is 0.346. The van der Waals surface area contributed by atoms with E-state index in [0.717, 1.165) is 38.5 Å². The molecule has 1 atom stereocenters. The number of carbonyl (C=O) groups is 2. The van der Waals surface area contributed by atoms with E-state index in [0.29, 0.717) is 6.61 Å². The molecule has 0 aliphatic carbocycles. The lowest BCUT2D eigenvalue weighted by molar-refractivity contribution is -0.116. The Bertz CT molecular complexity index is 896. The van der Waals surface area contributed by atoms with Crippen LogP contribution in [0.1, 0.15) is 25.0 Å². The van der Waals surface area contributed by atoms with Crippen LogP contribution in [-0.4, -0.2) is 56.8 Å². The molecule has 3 amide bonds. The highest BCUT2D eigenvalue weighted by Crippen LogP contribution is 2.28. The van der Waals surface area contributed by atoms with Gasteiger partial charge in [0.15, 0.2) is 0 Å². The molecule has 182 valence electrons. The number of hydroxylamine groups is 2. The van der Waals surface area contributed by atoms with E-state index in [1.54, 1.807) is 24.1 Å². The van der Waals surface area contributed by atoms with E-state index >= 15 is 0 Å². The minimum absolute atomic E-state index is 0.0223. The van der Waals surface area contributed by atoms with Gasteiger partial charge < -0.3 is 15.0 Å². The van der Waals surface area contributed by atoms with Gasteiger partial charge in [-0.1, -0.05) is 41.1 Å². The van der Waals surface area contributed by atoms with Gasteiger partial charge in [0.25, 0.3) is 0 Å². The number of urea groups is 1. The fraction of sp³-hybridized carbons (Fsp3) is 0.417. The number of nitrogens with one attached hydrogen (secondary N) is 1. The van der Waals surface area contributed by atoms with Crippen LogP contribution in [0.5, 0.6) is 0 Å². The van der Waals surface area contributed by atoms with Crippen molar-refractivity contribution in [3.8, 4) is 0 Å². The van der Waals surface area contributed by atoms with Gasteiger partial charge in [0.2, 0.25) is 5.91 Å². The predicted molar refractivity (Wildman–Crippen MR) is 138 cm³/mol. The van der Waals surface area contributed by atoms with Crippen LogP contribution in [0.15, 0.2) is 46.9 Å². The molecule has 0 aliphatic heterocycles. The van der Waals surface area contributed by atoms with E-state index < -0.39 is 0 Å². The van der Waals surface area contributed by atoms with Crippen molar-refractivity contribution >= 4 is 50.8 Å². The average Bonchev–Trinajstić information content (AvgIpc) is 2.81. The van der Waals surface area contributed by atoms with Crippen molar-refractivity contribution in [2.75, 3.05) is 44.0 Å². The van der Waals surface area contributed by atoms with E-state index in [9.17, 15) is 9.59 Å². The molecule has 0 heterocycles. The number of para-hydroxylation sites is 1. The van der Waals surface area contributed by atoms with Gasteiger partial charge in [0.05, 0.1) is 25.4 Å². The molecular weight excluding hydrogens is 510 g/mol. The molecule has 9 heteroatoms. The zero-order chi connectivity index (χ0) is 25.0. The zero-order valence-corrected chi connectivity index (χ0v) is 22.4. The molecule has 0 saturated heterocycles. The van der Waals surface area contributed by atoms with E-state index in [4.69, 9.17) is 21.2 Å². The van der Waals surface area contributed by atoms with Gasteiger partial charge in [-0.15, -0.1) is 11.6 Å². The van der Waals surface area contributed by atoms with Crippen molar-refractivity contribution in [3.05, 3.63) is 58.1 Å². The third-order valence-electron chi connectivity index (χ3n) is 4.83. The first-order chi connectivity index (χ1) is 15.7. The molecule has 0 bridgehead atoms. The first kappa shape index (κ1) is 28.9. The molecule has 0 fully saturated rings. The summed E-state index contributed by atoms with van der Waals surface area (Å²) in [6, 6.07) is 13.0. The summed E-state index contributed by atoms with van der Waals surface area (Å²) in [5, 5.41) is 3.77. The van der Waals surface area contributed by atoms with Gasteiger partial charge in [-0.2, -0.15) is 0 Å². The maximum atomic E-state index is 12.2. The molecular formula is C24H33BrClN3O4. The molecule has 2 rings (SSSR count). The Morgan fingerprint density at radius 3 is 2.30 bits per heavy atom. The minimum Gasteiger partial charge on any atom is -0.383 e. The number of nitrogens with zero attached hydrogens (tertiary/aromatic N) is 2. The number of rotatable bonds is 8. The second-order valence-corrected chi connectivity index (χ2v) is 8.44. The standard InChI is InChI=1S/C15H22ClNO2.C9H11BrN2O2/c1-5-13-8-6-7-11(2)15(13)17(14(18)9-16)12(3)10-19-4;1-12(14-2)9(13)11-8-5-3-7(10)4-6-8/h6-8,12H,5,9-10H2,1-4H3;3-6H,1-2H3,(H,11,13). The van der Waals surface area contributed by atoms with Gasteiger partial charge in [-0.05, 0) is 55.7 Å². The van der Waals surface area contributed by atoms with Gasteiger partial charge in [-0.3, -0.25) is 9.63 Å². The van der Waals surface area contributed by atoms with Crippen LogP contribution >= 0.6 is 27.5 Å². The van der Waals surface area contributed by atoms with E-state index in [1.165, 1.54) is 14.2 Å². The lowest BCUT2D eigenvalue weighted by Crippen LogP contribution is -2.43. The largest absolute Gasteiger partial charge is 0.383 e. The molecule has 0 radical (unpaired) electrons. The summed E-state index contributed by atoms with van der Waals surface area (Å²) in [7, 11) is 4.60. The number of anilines is 2. The van der Waals surface area contributed by atoms with Gasteiger partial charge >= 0.3 is 6.03 Å². The molecule has 0 aliphatic rings. The Kier molecular flexibility index (Phi) is 13.1. The number of aryl methyl sites for hydroxylation is 2. The van der Waals surface area contributed by atoms with Crippen molar-refractivity contribution in [1.82, 2.24) is 5.06 Å². The molecule has 2 aromatic carbocycles. The monoisotopic (exact) mass is 541 g/mol. The highest BCUT2D eigenvalue weighted by molar-refractivity contribution is 9.10. The third kappa shape index (κ3) is 8.97. The van der Waals surface area contributed by atoms with Crippen LogP contribution in [0.2, 0.25) is 0 Å². The summed E-state index contributed by atoms with van der Waals surface area (Å²) in [6.07, 6.45) is 0.878. The lowest BCUT2D eigenvalue weighted by Gasteiger charge is -2.31. The first-order valence-corrected chi connectivity index (χ1v) is 11.8. The number of ether oxygens (including phenoxy) is 1. The molecule has 33 heavy (non-hydrogen) atoms. The molecule has 0 spiro atoms. The fourth-order valence-electron chi connectivity index (χ4n) is 3.14. The maximum absolute atomic E-state index is 12.2. The molecule has 1 N–H and O–H groups in total. The molecule has 0 aromatic heterocycles. The highest BCUT2D eigenvalue weighted by atomic mass is 79.9. The second-order valence-electron chi connectivity index (χ2n) is 7.26. The number of carbonyl (C=O) groups excluding carboxylic acids is 2. The molecule has 7 nitrogen and oxygen atoms in total. The Morgan fingerprint density at radius 2 is 1.79 bits per heavy atom.